The van der Waals surface area contributed by atoms with Crippen LogP contribution >= 0.6 is 11.6 Å². The van der Waals surface area contributed by atoms with Gasteiger partial charge in [0, 0.05) is 42.1 Å². The second kappa shape index (κ2) is 7.66. The summed E-state index contributed by atoms with van der Waals surface area (Å²) in [6, 6.07) is 8.92. The molecule has 0 unspecified atom stereocenters. The van der Waals surface area contributed by atoms with Gasteiger partial charge in [-0.25, -0.2) is 0 Å². The monoisotopic (exact) mass is 357 g/mol. The van der Waals surface area contributed by atoms with Crippen molar-refractivity contribution in [3.8, 4) is 0 Å². The van der Waals surface area contributed by atoms with Crippen LogP contribution in [0.4, 0.5) is 5.69 Å². The zero-order valence-electron chi connectivity index (χ0n) is 14.0. The number of nitrogens with zero attached hydrogens (tertiary/aromatic N) is 2. The molecule has 1 saturated heterocycles. The van der Waals surface area contributed by atoms with Gasteiger partial charge in [0.25, 0.3) is 5.91 Å². The molecule has 0 aliphatic carbocycles. The van der Waals surface area contributed by atoms with Crippen LogP contribution in [-0.4, -0.2) is 34.8 Å². The summed E-state index contributed by atoms with van der Waals surface area (Å²) in [4.78, 5) is 30.7. The average Bonchev–Trinajstić information content (AvgIpc) is 2.64. The van der Waals surface area contributed by atoms with Crippen LogP contribution in [0.25, 0.3) is 0 Å². The number of carbonyl (C=O) groups is 2. The molecule has 1 aliphatic rings. The van der Waals surface area contributed by atoms with Gasteiger partial charge in [-0.05, 0) is 55.7 Å². The van der Waals surface area contributed by atoms with E-state index in [0.717, 1.165) is 11.3 Å². The van der Waals surface area contributed by atoms with E-state index < -0.39 is 0 Å². The third-order valence-electron chi connectivity index (χ3n) is 4.51. The van der Waals surface area contributed by atoms with E-state index in [4.69, 9.17) is 11.6 Å². The van der Waals surface area contributed by atoms with Crippen molar-refractivity contribution in [3.05, 3.63) is 58.9 Å². The predicted molar refractivity (Wildman–Crippen MR) is 97.7 cm³/mol. The van der Waals surface area contributed by atoms with E-state index in [0.29, 0.717) is 36.5 Å². The maximum absolute atomic E-state index is 12.5. The molecule has 25 heavy (non-hydrogen) atoms. The number of hydrogen-bond acceptors (Lipinski definition) is 3. The van der Waals surface area contributed by atoms with Crippen molar-refractivity contribution in [1.82, 2.24) is 9.88 Å². The molecule has 1 N–H and O–H groups in total. The van der Waals surface area contributed by atoms with E-state index in [2.05, 4.69) is 10.3 Å². The highest BCUT2D eigenvalue weighted by Gasteiger charge is 2.28. The van der Waals surface area contributed by atoms with E-state index in [1.54, 1.807) is 35.5 Å². The molecule has 5 nitrogen and oxygen atoms in total. The first-order valence-electron chi connectivity index (χ1n) is 8.31. The Morgan fingerprint density at radius 3 is 2.64 bits per heavy atom. The third-order valence-corrected chi connectivity index (χ3v) is 4.74. The van der Waals surface area contributed by atoms with Crippen LogP contribution in [0.15, 0.2) is 42.7 Å². The Morgan fingerprint density at radius 1 is 1.24 bits per heavy atom. The third kappa shape index (κ3) is 4.17. The van der Waals surface area contributed by atoms with Gasteiger partial charge in [-0.1, -0.05) is 11.6 Å². The van der Waals surface area contributed by atoms with Crippen LogP contribution in [0.2, 0.25) is 5.02 Å². The number of hydrogen-bond donors (Lipinski definition) is 1. The summed E-state index contributed by atoms with van der Waals surface area (Å²) >= 11 is 5.94. The molecule has 3 rings (SSSR count). The van der Waals surface area contributed by atoms with Crippen molar-refractivity contribution in [1.29, 1.82) is 0 Å². The van der Waals surface area contributed by atoms with Gasteiger partial charge < -0.3 is 10.2 Å². The normalized spacial score (nSPS) is 15.0. The van der Waals surface area contributed by atoms with Crippen LogP contribution in [-0.2, 0) is 4.79 Å². The summed E-state index contributed by atoms with van der Waals surface area (Å²) in [6.07, 6.45) is 4.53. The molecule has 2 heterocycles. The minimum Gasteiger partial charge on any atom is -0.339 e. The lowest BCUT2D eigenvalue weighted by molar-refractivity contribution is -0.121. The fourth-order valence-electron chi connectivity index (χ4n) is 3.02. The van der Waals surface area contributed by atoms with Gasteiger partial charge in [0.1, 0.15) is 0 Å². The second-order valence-corrected chi connectivity index (χ2v) is 6.69. The maximum atomic E-state index is 12.5. The van der Waals surface area contributed by atoms with Gasteiger partial charge in [-0.15, -0.1) is 0 Å². The first-order valence-corrected chi connectivity index (χ1v) is 8.68. The Morgan fingerprint density at radius 2 is 2.00 bits per heavy atom. The van der Waals surface area contributed by atoms with Gasteiger partial charge >= 0.3 is 0 Å². The van der Waals surface area contributed by atoms with E-state index in [1.165, 1.54) is 0 Å². The Kier molecular flexibility index (Phi) is 5.34. The number of amides is 2. The number of benzene rings is 1. The number of carbonyl (C=O) groups excluding carboxylic acids is 2. The molecule has 1 aliphatic heterocycles. The number of aryl methyl sites for hydroxylation is 1. The van der Waals surface area contributed by atoms with Gasteiger partial charge in [0.15, 0.2) is 0 Å². The minimum absolute atomic E-state index is 0.00102. The largest absolute Gasteiger partial charge is 0.339 e. The number of piperidine rings is 1. The van der Waals surface area contributed by atoms with Crippen molar-refractivity contribution in [3.63, 3.8) is 0 Å². The van der Waals surface area contributed by atoms with Crippen LogP contribution in [0.3, 0.4) is 0 Å². The number of nitrogens with one attached hydrogen (secondary N) is 1. The van der Waals surface area contributed by atoms with Crippen molar-refractivity contribution in [2.75, 3.05) is 18.4 Å². The second-order valence-electron chi connectivity index (χ2n) is 6.26. The van der Waals surface area contributed by atoms with Crippen LogP contribution in [0.5, 0.6) is 0 Å². The molecule has 0 bridgehead atoms. The minimum atomic E-state index is -0.0898. The summed E-state index contributed by atoms with van der Waals surface area (Å²) < 4.78 is 0. The summed E-state index contributed by atoms with van der Waals surface area (Å²) in [5.74, 6) is -0.118. The standard InChI is InChI=1S/C19H20ClN3O2/c1-13-11-16(20)4-5-17(13)22-18(24)14-6-9-23(10-7-14)19(25)15-3-2-8-21-12-15/h2-5,8,11-12,14H,6-7,9-10H2,1H3,(H,22,24). The van der Waals surface area contributed by atoms with Crippen LogP contribution < -0.4 is 5.32 Å². The Bertz CT molecular complexity index is 771. The van der Waals surface area contributed by atoms with Gasteiger partial charge in [-0.2, -0.15) is 0 Å². The number of likely N-dealkylation sites (tertiary alicyclic amines) is 1. The van der Waals surface area contributed by atoms with Crippen molar-refractivity contribution in [2.24, 2.45) is 5.92 Å². The molecular weight excluding hydrogens is 338 g/mol. The molecule has 2 aromatic rings. The molecule has 0 atom stereocenters. The number of pyridine rings is 1. The quantitative estimate of drug-likeness (QED) is 0.913. The zero-order valence-corrected chi connectivity index (χ0v) is 14.8. The highest BCUT2D eigenvalue weighted by atomic mass is 35.5. The first-order chi connectivity index (χ1) is 12.0. The molecule has 0 spiro atoms. The van der Waals surface area contributed by atoms with E-state index in [1.807, 2.05) is 19.1 Å². The van der Waals surface area contributed by atoms with Crippen LogP contribution in [0.1, 0.15) is 28.8 Å². The molecule has 6 heteroatoms. The van der Waals surface area contributed by atoms with Crippen LogP contribution in [0, 0.1) is 12.8 Å². The topological polar surface area (TPSA) is 62.3 Å². The number of aromatic nitrogens is 1. The highest BCUT2D eigenvalue weighted by molar-refractivity contribution is 6.30. The molecule has 130 valence electrons. The Balaban J connectivity index is 1.56. The molecule has 2 amide bonds. The smallest absolute Gasteiger partial charge is 0.255 e. The first kappa shape index (κ1) is 17.4. The number of rotatable bonds is 3. The summed E-state index contributed by atoms with van der Waals surface area (Å²) in [5, 5.41) is 3.62. The zero-order chi connectivity index (χ0) is 17.8. The molecule has 1 aromatic carbocycles. The Labute approximate surface area is 152 Å². The summed E-state index contributed by atoms with van der Waals surface area (Å²) in [6.45, 7) is 3.06. The van der Waals surface area contributed by atoms with E-state index in [9.17, 15) is 9.59 Å². The highest BCUT2D eigenvalue weighted by Crippen LogP contribution is 2.23. The summed E-state index contributed by atoms with van der Waals surface area (Å²) in [5.41, 5.74) is 2.30. The molecule has 1 fully saturated rings. The summed E-state index contributed by atoms with van der Waals surface area (Å²) in [7, 11) is 0. The number of halogens is 1. The average molecular weight is 358 g/mol. The van der Waals surface area contributed by atoms with Crippen molar-refractivity contribution in [2.45, 2.75) is 19.8 Å². The fourth-order valence-corrected chi connectivity index (χ4v) is 3.25. The molecule has 1 aromatic heterocycles. The Hall–Kier alpha value is -2.40. The fraction of sp³-hybridized carbons (Fsp3) is 0.316. The van der Waals surface area contributed by atoms with E-state index >= 15 is 0 Å². The molecule has 0 radical (unpaired) electrons. The SMILES string of the molecule is Cc1cc(Cl)ccc1NC(=O)C1CCN(C(=O)c2cccnc2)CC1. The molecule has 0 saturated carbocycles. The van der Waals surface area contributed by atoms with E-state index in [-0.39, 0.29) is 17.7 Å². The predicted octanol–water partition coefficient (Wildman–Crippen LogP) is 3.53. The van der Waals surface area contributed by atoms with Crippen molar-refractivity contribution >= 4 is 29.1 Å². The lowest BCUT2D eigenvalue weighted by atomic mass is 9.95. The van der Waals surface area contributed by atoms with Gasteiger partial charge in [0.2, 0.25) is 5.91 Å². The maximum Gasteiger partial charge on any atom is 0.255 e. The van der Waals surface area contributed by atoms with Crippen molar-refractivity contribution < 1.29 is 9.59 Å². The van der Waals surface area contributed by atoms with Gasteiger partial charge in [0.05, 0.1) is 5.56 Å². The molecular formula is C19H20ClN3O2. The lowest BCUT2D eigenvalue weighted by Gasteiger charge is -2.31. The lowest BCUT2D eigenvalue weighted by Crippen LogP contribution is -2.41. The van der Waals surface area contributed by atoms with Gasteiger partial charge in [-0.3, -0.25) is 14.6 Å². The number of anilines is 1.